The molecule has 1 aromatic rings. The Kier molecular flexibility index (Phi) is 2.50. The Labute approximate surface area is 97.3 Å². The van der Waals surface area contributed by atoms with E-state index in [1.165, 1.54) is 11.1 Å². The van der Waals surface area contributed by atoms with Gasteiger partial charge in [0.05, 0.1) is 0 Å². The Morgan fingerprint density at radius 3 is 2.44 bits per heavy atom. The van der Waals surface area contributed by atoms with Gasteiger partial charge in [-0.3, -0.25) is 0 Å². The predicted molar refractivity (Wildman–Crippen MR) is 64.9 cm³/mol. The van der Waals surface area contributed by atoms with Crippen molar-refractivity contribution in [2.75, 3.05) is 0 Å². The lowest BCUT2D eigenvalue weighted by Gasteiger charge is -2.22. The van der Waals surface area contributed by atoms with E-state index in [0.717, 1.165) is 11.3 Å². The van der Waals surface area contributed by atoms with E-state index < -0.39 is 6.10 Å². The minimum Gasteiger partial charge on any atom is -0.487 e. The van der Waals surface area contributed by atoms with Crippen molar-refractivity contribution in [2.24, 2.45) is 0 Å². The highest BCUT2D eigenvalue weighted by molar-refractivity contribution is 5.51. The molecule has 1 aliphatic heterocycles. The molecule has 2 rings (SSSR count). The number of benzene rings is 1. The van der Waals surface area contributed by atoms with Gasteiger partial charge in [-0.05, 0) is 25.3 Å². The molecule has 1 heterocycles. The fourth-order valence-corrected chi connectivity index (χ4v) is 2.21. The van der Waals surface area contributed by atoms with E-state index >= 15 is 0 Å². The first-order chi connectivity index (χ1) is 7.30. The lowest BCUT2D eigenvalue weighted by Crippen LogP contribution is -2.15. The van der Waals surface area contributed by atoms with Crippen molar-refractivity contribution in [3.8, 4) is 5.75 Å². The number of fused-ring (bicyclic) bond motifs is 1. The third kappa shape index (κ3) is 1.71. The van der Waals surface area contributed by atoms with Gasteiger partial charge in [0.15, 0.2) is 0 Å². The van der Waals surface area contributed by atoms with Gasteiger partial charge in [0.1, 0.15) is 18.0 Å². The zero-order chi connectivity index (χ0) is 12.1. The van der Waals surface area contributed by atoms with Crippen LogP contribution in [0.4, 0.5) is 0 Å². The molecule has 2 atom stereocenters. The number of aliphatic hydroxyl groups excluding tert-OH is 1. The van der Waals surface area contributed by atoms with Gasteiger partial charge in [0.2, 0.25) is 0 Å². The average molecular weight is 220 g/mol. The summed E-state index contributed by atoms with van der Waals surface area (Å²) in [6.45, 7) is 10.5. The Bertz CT molecular complexity index is 415. The van der Waals surface area contributed by atoms with Crippen LogP contribution in [0.15, 0.2) is 12.1 Å². The molecule has 0 saturated carbocycles. The van der Waals surface area contributed by atoms with Crippen LogP contribution in [0.25, 0.3) is 0 Å². The summed E-state index contributed by atoms with van der Waals surface area (Å²) in [5.74, 6) is 0.887. The van der Waals surface area contributed by atoms with E-state index in [-0.39, 0.29) is 11.5 Å². The molecule has 2 nitrogen and oxygen atoms in total. The van der Waals surface area contributed by atoms with Crippen molar-refractivity contribution in [2.45, 2.75) is 52.2 Å². The van der Waals surface area contributed by atoms with Crippen molar-refractivity contribution in [1.29, 1.82) is 0 Å². The average Bonchev–Trinajstić information content (AvgIpc) is 2.42. The molecule has 1 aromatic carbocycles. The standard InChI is InChI=1S/C14H20O2/c1-8-6-10-12(15)9(2)16-13(10)11(7-8)14(3,4)5/h6-7,9,12,15H,1-5H3. The van der Waals surface area contributed by atoms with E-state index in [1.54, 1.807) is 0 Å². The number of aliphatic hydroxyl groups is 1. The molecule has 0 saturated heterocycles. The van der Waals surface area contributed by atoms with E-state index in [1.807, 2.05) is 13.0 Å². The van der Waals surface area contributed by atoms with Crippen molar-refractivity contribution < 1.29 is 9.84 Å². The van der Waals surface area contributed by atoms with E-state index in [9.17, 15) is 5.11 Å². The Morgan fingerprint density at radius 2 is 1.88 bits per heavy atom. The van der Waals surface area contributed by atoms with Crippen molar-refractivity contribution in [3.05, 3.63) is 28.8 Å². The fraction of sp³-hybridized carbons (Fsp3) is 0.571. The van der Waals surface area contributed by atoms with E-state index in [2.05, 4.69) is 33.8 Å². The maximum Gasteiger partial charge on any atom is 0.129 e. The predicted octanol–water partition coefficient (Wildman–Crippen LogP) is 3.11. The smallest absolute Gasteiger partial charge is 0.129 e. The van der Waals surface area contributed by atoms with Gasteiger partial charge in [-0.1, -0.05) is 32.4 Å². The van der Waals surface area contributed by atoms with Crippen LogP contribution in [0, 0.1) is 6.92 Å². The quantitative estimate of drug-likeness (QED) is 0.728. The summed E-state index contributed by atoms with van der Waals surface area (Å²) < 4.78 is 5.78. The first-order valence-corrected chi connectivity index (χ1v) is 5.80. The fourth-order valence-electron chi connectivity index (χ4n) is 2.21. The van der Waals surface area contributed by atoms with Gasteiger partial charge in [0.25, 0.3) is 0 Å². The summed E-state index contributed by atoms with van der Waals surface area (Å²) >= 11 is 0. The lowest BCUT2D eigenvalue weighted by molar-refractivity contribution is 0.0789. The van der Waals surface area contributed by atoms with Crippen LogP contribution in [0.1, 0.15) is 50.5 Å². The second kappa shape index (κ2) is 3.49. The first-order valence-electron chi connectivity index (χ1n) is 5.80. The largest absolute Gasteiger partial charge is 0.487 e. The van der Waals surface area contributed by atoms with E-state index in [4.69, 9.17) is 4.74 Å². The molecule has 2 unspecified atom stereocenters. The van der Waals surface area contributed by atoms with Crippen molar-refractivity contribution >= 4 is 0 Å². The topological polar surface area (TPSA) is 29.5 Å². The summed E-state index contributed by atoms with van der Waals surface area (Å²) in [4.78, 5) is 0. The second-order valence-electron chi connectivity index (χ2n) is 5.75. The van der Waals surface area contributed by atoms with Crippen LogP contribution >= 0.6 is 0 Å². The molecule has 88 valence electrons. The molecule has 0 aromatic heterocycles. The summed E-state index contributed by atoms with van der Waals surface area (Å²) in [7, 11) is 0. The molecule has 1 N–H and O–H groups in total. The SMILES string of the molecule is Cc1cc2c(c(C(C)(C)C)c1)OC(C)C2O. The third-order valence-electron chi connectivity index (χ3n) is 3.14. The molecule has 0 radical (unpaired) electrons. The maximum absolute atomic E-state index is 10.0. The third-order valence-corrected chi connectivity index (χ3v) is 3.14. The molecule has 2 heteroatoms. The number of ether oxygens (including phenoxy) is 1. The summed E-state index contributed by atoms with van der Waals surface area (Å²) in [6.07, 6.45) is -0.631. The maximum atomic E-state index is 10.0. The highest BCUT2D eigenvalue weighted by atomic mass is 16.5. The van der Waals surface area contributed by atoms with E-state index in [0.29, 0.717) is 0 Å². The van der Waals surface area contributed by atoms with Gasteiger partial charge in [-0.15, -0.1) is 0 Å². The van der Waals surface area contributed by atoms with Crippen LogP contribution < -0.4 is 4.74 Å². The van der Waals surface area contributed by atoms with Gasteiger partial charge < -0.3 is 9.84 Å². The zero-order valence-electron chi connectivity index (χ0n) is 10.7. The lowest BCUT2D eigenvalue weighted by atomic mass is 9.84. The van der Waals surface area contributed by atoms with Crippen molar-refractivity contribution in [1.82, 2.24) is 0 Å². The number of rotatable bonds is 0. The zero-order valence-corrected chi connectivity index (χ0v) is 10.7. The van der Waals surface area contributed by atoms with Crippen LogP contribution in [0.5, 0.6) is 5.75 Å². The Morgan fingerprint density at radius 1 is 1.25 bits per heavy atom. The molecule has 0 amide bonds. The molecule has 0 fully saturated rings. The summed E-state index contributed by atoms with van der Waals surface area (Å²) in [5, 5.41) is 10.0. The number of hydrogen-bond acceptors (Lipinski definition) is 2. The van der Waals surface area contributed by atoms with Gasteiger partial charge in [-0.2, -0.15) is 0 Å². The molecule has 0 bridgehead atoms. The second-order valence-corrected chi connectivity index (χ2v) is 5.75. The first kappa shape index (κ1) is 11.5. The minimum absolute atomic E-state index is 0.0416. The highest BCUT2D eigenvalue weighted by Gasteiger charge is 2.34. The van der Waals surface area contributed by atoms with Crippen LogP contribution in [-0.4, -0.2) is 11.2 Å². The van der Waals surface area contributed by atoms with Crippen molar-refractivity contribution in [3.63, 3.8) is 0 Å². The van der Waals surface area contributed by atoms with Crippen LogP contribution in [0.3, 0.4) is 0 Å². The van der Waals surface area contributed by atoms with Crippen LogP contribution in [0.2, 0.25) is 0 Å². The molecular formula is C14H20O2. The molecular weight excluding hydrogens is 200 g/mol. The monoisotopic (exact) mass is 220 g/mol. The molecule has 0 aliphatic carbocycles. The minimum atomic E-state index is -0.490. The van der Waals surface area contributed by atoms with Gasteiger partial charge in [-0.25, -0.2) is 0 Å². The molecule has 1 aliphatic rings. The number of hydrogen-bond donors (Lipinski definition) is 1. The van der Waals surface area contributed by atoms with Gasteiger partial charge in [0, 0.05) is 11.1 Å². The Hall–Kier alpha value is -1.02. The highest BCUT2D eigenvalue weighted by Crippen LogP contribution is 2.44. The summed E-state index contributed by atoms with van der Waals surface area (Å²) in [6, 6.07) is 4.18. The van der Waals surface area contributed by atoms with Crippen LogP contribution in [-0.2, 0) is 5.41 Å². The van der Waals surface area contributed by atoms with Gasteiger partial charge >= 0.3 is 0 Å². The summed E-state index contributed by atoms with van der Waals surface area (Å²) in [5.41, 5.74) is 3.35. The molecule has 16 heavy (non-hydrogen) atoms. The molecule has 0 spiro atoms. The number of aryl methyl sites for hydroxylation is 1. The Balaban J connectivity index is 2.62. The normalized spacial score (nSPS) is 24.1.